The Balaban J connectivity index is 1.47. The third-order valence-corrected chi connectivity index (χ3v) is 5.35. The molecule has 2 aromatic carbocycles. The highest BCUT2D eigenvalue weighted by atomic mass is 19.2. The molecule has 7 heteroatoms. The van der Waals surface area contributed by atoms with Gasteiger partial charge in [-0.2, -0.15) is 0 Å². The van der Waals surface area contributed by atoms with Gasteiger partial charge in [-0.15, -0.1) is 0 Å². The largest absolute Gasteiger partial charge is 0.369 e. The molecule has 0 saturated carbocycles. The maximum Gasteiger partial charge on any atom is 0.238 e. The average Bonchev–Trinajstić information content (AvgIpc) is 2.74. The SMILES string of the molecule is CCN1CCN(c2ccc(NC(=O)CN[C@H](C)c3ccc(F)c(F)c3)cc2)CC1. The van der Waals surface area contributed by atoms with Crippen LogP contribution < -0.4 is 15.5 Å². The number of nitrogens with one attached hydrogen (secondary N) is 2. The average molecular weight is 402 g/mol. The van der Waals surface area contributed by atoms with E-state index >= 15 is 0 Å². The number of anilines is 2. The number of nitrogens with zero attached hydrogens (tertiary/aromatic N) is 2. The number of carbonyl (C=O) groups is 1. The highest BCUT2D eigenvalue weighted by Gasteiger charge is 2.16. The monoisotopic (exact) mass is 402 g/mol. The van der Waals surface area contributed by atoms with Crippen molar-refractivity contribution in [2.75, 3.05) is 49.5 Å². The second-order valence-corrected chi connectivity index (χ2v) is 7.29. The lowest BCUT2D eigenvalue weighted by molar-refractivity contribution is -0.115. The standard InChI is InChI=1S/C22H28F2N4O/c1-3-27-10-12-28(13-11-27)19-7-5-18(6-8-19)26-22(29)15-25-16(2)17-4-9-20(23)21(24)14-17/h4-9,14,16,25H,3,10-13,15H2,1-2H3,(H,26,29)/t16-/m1/s1. The predicted octanol–water partition coefficient (Wildman–Crippen LogP) is 3.40. The Morgan fingerprint density at radius 1 is 1.03 bits per heavy atom. The summed E-state index contributed by atoms with van der Waals surface area (Å²) in [4.78, 5) is 17.0. The van der Waals surface area contributed by atoms with E-state index < -0.39 is 11.6 Å². The van der Waals surface area contributed by atoms with Crippen LogP contribution in [0.5, 0.6) is 0 Å². The summed E-state index contributed by atoms with van der Waals surface area (Å²) in [6, 6.07) is 11.3. The van der Waals surface area contributed by atoms with E-state index in [1.54, 1.807) is 6.92 Å². The lowest BCUT2D eigenvalue weighted by Crippen LogP contribution is -2.46. The topological polar surface area (TPSA) is 47.6 Å². The minimum atomic E-state index is -0.892. The molecule has 1 atom stereocenters. The Morgan fingerprint density at radius 2 is 1.72 bits per heavy atom. The number of rotatable bonds is 7. The van der Waals surface area contributed by atoms with Crippen LogP contribution in [0.4, 0.5) is 20.2 Å². The van der Waals surface area contributed by atoms with Crippen molar-refractivity contribution in [2.24, 2.45) is 0 Å². The van der Waals surface area contributed by atoms with Crippen molar-refractivity contribution in [3.8, 4) is 0 Å². The molecule has 0 bridgehead atoms. The Bertz CT molecular complexity index is 820. The smallest absolute Gasteiger partial charge is 0.238 e. The summed E-state index contributed by atoms with van der Waals surface area (Å²) < 4.78 is 26.4. The van der Waals surface area contributed by atoms with Crippen LogP contribution in [-0.4, -0.2) is 50.1 Å². The van der Waals surface area contributed by atoms with Crippen molar-refractivity contribution >= 4 is 17.3 Å². The number of hydrogen-bond acceptors (Lipinski definition) is 4. The van der Waals surface area contributed by atoms with Crippen molar-refractivity contribution in [3.63, 3.8) is 0 Å². The third kappa shape index (κ3) is 5.74. The first-order chi connectivity index (χ1) is 14.0. The van der Waals surface area contributed by atoms with Crippen molar-refractivity contribution < 1.29 is 13.6 Å². The summed E-state index contributed by atoms with van der Waals surface area (Å²) in [5.41, 5.74) is 2.47. The lowest BCUT2D eigenvalue weighted by atomic mass is 10.1. The molecule has 0 spiro atoms. The van der Waals surface area contributed by atoms with E-state index in [0.717, 1.165) is 56.2 Å². The second-order valence-electron chi connectivity index (χ2n) is 7.29. The Morgan fingerprint density at radius 3 is 2.34 bits per heavy atom. The summed E-state index contributed by atoms with van der Waals surface area (Å²) >= 11 is 0. The molecule has 5 nitrogen and oxygen atoms in total. The minimum Gasteiger partial charge on any atom is -0.369 e. The number of likely N-dealkylation sites (N-methyl/N-ethyl adjacent to an activating group) is 1. The number of amides is 1. The summed E-state index contributed by atoms with van der Waals surface area (Å²) in [5.74, 6) is -1.96. The normalized spacial score (nSPS) is 15.9. The van der Waals surface area contributed by atoms with E-state index in [9.17, 15) is 13.6 Å². The summed E-state index contributed by atoms with van der Waals surface area (Å²) in [7, 11) is 0. The van der Waals surface area contributed by atoms with Gasteiger partial charge >= 0.3 is 0 Å². The van der Waals surface area contributed by atoms with E-state index in [1.165, 1.54) is 6.07 Å². The summed E-state index contributed by atoms with van der Waals surface area (Å²) in [6.45, 7) is 9.28. The van der Waals surface area contributed by atoms with E-state index in [4.69, 9.17) is 0 Å². The first-order valence-electron chi connectivity index (χ1n) is 10.0. The molecule has 2 N–H and O–H groups in total. The third-order valence-electron chi connectivity index (χ3n) is 5.35. The van der Waals surface area contributed by atoms with Crippen LogP contribution in [-0.2, 0) is 4.79 Å². The van der Waals surface area contributed by atoms with Crippen LogP contribution in [0.2, 0.25) is 0 Å². The summed E-state index contributed by atoms with van der Waals surface area (Å²) in [5, 5.41) is 5.88. The Kier molecular flexibility index (Phi) is 7.17. The number of halogens is 2. The van der Waals surface area contributed by atoms with Gasteiger partial charge in [-0.25, -0.2) is 8.78 Å². The van der Waals surface area contributed by atoms with E-state index in [-0.39, 0.29) is 18.5 Å². The molecule has 0 radical (unpaired) electrons. The van der Waals surface area contributed by atoms with Crippen LogP contribution >= 0.6 is 0 Å². The lowest BCUT2D eigenvalue weighted by Gasteiger charge is -2.35. The van der Waals surface area contributed by atoms with Gasteiger partial charge in [-0.1, -0.05) is 13.0 Å². The molecule has 29 heavy (non-hydrogen) atoms. The molecule has 1 aliphatic rings. The zero-order valence-electron chi connectivity index (χ0n) is 16.9. The Hall–Kier alpha value is -2.51. The van der Waals surface area contributed by atoms with Gasteiger partial charge < -0.3 is 20.4 Å². The molecule has 0 aromatic heterocycles. The van der Waals surface area contributed by atoms with E-state index in [0.29, 0.717) is 5.56 Å². The minimum absolute atomic E-state index is 0.0703. The van der Waals surface area contributed by atoms with Gasteiger partial charge in [-0.3, -0.25) is 4.79 Å². The molecule has 1 fully saturated rings. The fraction of sp³-hybridized carbons (Fsp3) is 0.409. The molecule has 1 amide bonds. The van der Waals surface area contributed by atoms with Gasteiger partial charge in [0.15, 0.2) is 11.6 Å². The maximum absolute atomic E-state index is 13.3. The van der Waals surface area contributed by atoms with Crippen LogP contribution in [0, 0.1) is 11.6 Å². The van der Waals surface area contributed by atoms with Crippen LogP contribution in [0.3, 0.4) is 0 Å². The van der Waals surface area contributed by atoms with Crippen molar-refractivity contribution in [1.29, 1.82) is 0 Å². The van der Waals surface area contributed by atoms with Crippen molar-refractivity contribution in [1.82, 2.24) is 10.2 Å². The first kappa shape index (κ1) is 21.2. The fourth-order valence-corrected chi connectivity index (χ4v) is 3.43. The molecule has 3 rings (SSSR count). The highest BCUT2D eigenvalue weighted by molar-refractivity contribution is 5.92. The molecular weight excluding hydrogens is 374 g/mol. The van der Waals surface area contributed by atoms with Gasteiger partial charge in [0, 0.05) is 43.6 Å². The first-order valence-corrected chi connectivity index (χ1v) is 10.0. The molecule has 0 unspecified atom stereocenters. The van der Waals surface area contributed by atoms with Crippen LogP contribution in [0.15, 0.2) is 42.5 Å². The second kappa shape index (κ2) is 9.80. The highest BCUT2D eigenvalue weighted by Crippen LogP contribution is 2.20. The number of piperazine rings is 1. The van der Waals surface area contributed by atoms with E-state index in [1.807, 2.05) is 24.3 Å². The molecular formula is C22H28F2N4O. The van der Waals surface area contributed by atoms with E-state index in [2.05, 4.69) is 27.4 Å². The van der Waals surface area contributed by atoms with Gasteiger partial charge in [0.1, 0.15) is 0 Å². The zero-order chi connectivity index (χ0) is 20.8. The molecule has 1 heterocycles. The van der Waals surface area contributed by atoms with Gasteiger partial charge in [0.2, 0.25) is 5.91 Å². The predicted molar refractivity (Wildman–Crippen MR) is 112 cm³/mol. The van der Waals surface area contributed by atoms with Gasteiger partial charge in [0.25, 0.3) is 0 Å². The van der Waals surface area contributed by atoms with Crippen molar-refractivity contribution in [3.05, 3.63) is 59.7 Å². The molecule has 2 aromatic rings. The number of hydrogen-bond donors (Lipinski definition) is 2. The van der Waals surface area contributed by atoms with Gasteiger partial charge in [0.05, 0.1) is 6.54 Å². The quantitative estimate of drug-likeness (QED) is 0.745. The number of carbonyl (C=O) groups excluding carboxylic acids is 1. The molecule has 0 aliphatic carbocycles. The van der Waals surface area contributed by atoms with Crippen molar-refractivity contribution in [2.45, 2.75) is 19.9 Å². The number of benzene rings is 2. The summed E-state index contributed by atoms with van der Waals surface area (Å²) in [6.07, 6.45) is 0. The fourth-order valence-electron chi connectivity index (χ4n) is 3.43. The maximum atomic E-state index is 13.3. The molecule has 1 aliphatic heterocycles. The van der Waals surface area contributed by atoms with Crippen LogP contribution in [0.25, 0.3) is 0 Å². The van der Waals surface area contributed by atoms with Crippen LogP contribution in [0.1, 0.15) is 25.5 Å². The van der Waals surface area contributed by atoms with Gasteiger partial charge in [-0.05, 0) is 55.4 Å². The molecule has 156 valence electrons. The Labute approximate surface area is 170 Å². The molecule has 1 saturated heterocycles. The zero-order valence-corrected chi connectivity index (χ0v) is 16.9.